The summed E-state index contributed by atoms with van der Waals surface area (Å²) in [5, 5.41) is 3.44. The van der Waals surface area contributed by atoms with Crippen molar-refractivity contribution in [1.82, 2.24) is 19.6 Å². The van der Waals surface area contributed by atoms with Crippen LogP contribution in [0.1, 0.15) is 55.8 Å². The van der Waals surface area contributed by atoms with Crippen LogP contribution in [0.2, 0.25) is 0 Å². The third kappa shape index (κ3) is 5.15. The monoisotopic (exact) mass is 416 g/mol. The molecule has 1 amide bonds. The number of imidazole rings is 1. The fraction of sp³-hybridized carbons (Fsp3) is 0.545. The van der Waals surface area contributed by atoms with E-state index in [0.717, 1.165) is 35.4 Å². The summed E-state index contributed by atoms with van der Waals surface area (Å²) >= 11 is 1.44. The largest absolute Gasteiger partial charge is 0.367 e. The lowest BCUT2D eigenvalue weighted by Crippen LogP contribution is -2.34. The van der Waals surface area contributed by atoms with E-state index in [9.17, 15) is 4.79 Å². The molecule has 3 rings (SSSR count). The molecule has 2 heterocycles. The van der Waals surface area contributed by atoms with Gasteiger partial charge >= 0.3 is 0 Å². The number of ether oxygens (including phenoxy) is 1. The van der Waals surface area contributed by atoms with Crippen molar-refractivity contribution in [3.8, 4) is 0 Å². The van der Waals surface area contributed by atoms with Gasteiger partial charge in [-0.2, -0.15) is 0 Å². The second kappa shape index (κ2) is 8.81. The van der Waals surface area contributed by atoms with Crippen LogP contribution in [-0.4, -0.2) is 47.1 Å². The molecule has 1 N–H and O–H groups in total. The van der Waals surface area contributed by atoms with Gasteiger partial charge in [-0.25, -0.2) is 4.98 Å². The fourth-order valence-corrected chi connectivity index (χ4v) is 4.52. The van der Waals surface area contributed by atoms with E-state index in [4.69, 9.17) is 9.72 Å². The molecule has 29 heavy (non-hydrogen) atoms. The number of rotatable bonds is 8. The summed E-state index contributed by atoms with van der Waals surface area (Å²) in [6.45, 7) is 9.99. The predicted octanol–water partition coefficient (Wildman–Crippen LogP) is 4.53. The van der Waals surface area contributed by atoms with Crippen LogP contribution in [0.5, 0.6) is 0 Å². The molecule has 0 saturated carbocycles. The van der Waals surface area contributed by atoms with Crippen LogP contribution in [0.25, 0.3) is 16.0 Å². The number of methoxy groups -OCH3 is 1. The summed E-state index contributed by atoms with van der Waals surface area (Å²) in [5.74, 6) is 0.0453. The van der Waals surface area contributed by atoms with Crippen molar-refractivity contribution in [3.63, 3.8) is 0 Å². The van der Waals surface area contributed by atoms with Gasteiger partial charge in [0, 0.05) is 33.4 Å². The Morgan fingerprint density at radius 2 is 2.14 bits per heavy atom. The lowest BCUT2D eigenvalue weighted by molar-refractivity contribution is 0.0647. The van der Waals surface area contributed by atoms with Crippen molar-refractivity contribution < 1.29 is 9.53 Å². The Hall–Kier alpha value is -1.96. The number of fused-ring (bicyclic) bond motifs is 3. The summed E-state index contributed by atoms with van der Waals surface area (Å²) in [4.78, 5) is 20.9. The maximum absolute atomic E-state index is 12.8. The quantitative estimate of drug-likeness (QED) is 0.548. The number of carbonyl (C=O) groups excluding carboxylic acids is 1. The first kappa shape index (κ1) is 21.7. The van der Waals surface area contributed by atoms with E-state index in [-0.39, 0.29) is 17.6 Å². The van der Waals surface area contributed by atoms with Crippen LogP contribution in [0.4, 0.5) is 0 Å². The van der Waals surface area contributed by atoms with Gasteiger partial charge < -0.3 is 9.64 Å². The van der Waals surface area contributed by atoms with Crippen LogP contribution in [-0.2, 0) is 11.3 Å². The number of nitrogens with zero attached hydrogens (tertiary/aromatic N) is 3. The van der Waals surface area contributed by atoms with Crippen molar-refractivity contribution in [2.75, 3.05) is 20.7 Å². The molecule has 1 unspecified atom stereocenters. The fourth-order valence-electron chi connectivity index (χ4n) is 3.53. The predicted molar refractivity (Wildman–Crippen MR) is 120 cm³/mol. The number of carbonyl (C=O) groups is 1. The summed E-state index contributed by atoms with van der Waals surface area (Å²) in [7, 11) is 3.60. The third-order valence-corrected chi connectivity index (χ3v) is 5.78. The van der Waals surface area contributed by atoms with E-state index in [1.54, 1.807) is 12.0 Å². The summed E-state index contributed by atoms with van der Waals surface area (Å²) in [6, 6.07) is 6.27. The van der Waals surface area contributed by atoms with E-state index >= 15 is 0 Å². The number of benzene rings is 1. The summed E-state index contributed by atoms with van der Waals surface area (Å²) in [5.41, 5.74) is 3.20. The van der Waals surface area contributed by atoms with Crippen molar-refractivity contribution >= 4 is 33.2 Å². The van der Waals surface area contributed by atoms with Crippen molar-refractivity contribution in [3.05, 3.63) is 34.8 Å². The van der Waals surface area contributed by atoms with Crippen molar-refractivity contribution in [1.29, 1.82) is 0 Å². The molecule has 7 heteroatoms. The van der Waals surface area contributed by atoms with Gasteiger partial charge in [-0.05, 0) is 29.5 Å². The molecule has 1 aromatic carbocycles. The van der Waals surface area contributed by atoms with Gasteiger partial charge in [0.05, 0.1) is 11.0 Å². The molecule has 0 bridgehead atoms. The first-order valence-corrected chi connectivity index (χ1v) is 11.0. The molecule has 0 fully saturated rings. The van der Waals surface area contributed by atoms with Gasteiger partial charge in [0.1, 0.15) is 11.1 Å². The normalized spacial score (nSPS) is 13.3. The number of nitrogens with one attached hydrogen (secondary N) is 1. The molecule has 0 aliphatic rings. The highest BCUT2D eigenvalue weighted by atomic mass is 32.1. The highest BCUT2D eigenvalue weighted by Crippen LogP contribution is 2.26. The standard InChI is InChI=1S/C22H32N4O2S/c1-7-8-19(28-6)23-12-15-9-10-16-17(11-15)26-13-18(29-21(26)24-16)20(27)25(5)14-22(2,3)4/h9-11,13,19,23H,7-8,12,14H2,1-6H3. The molecule has 0 radical (unpaired) electrons. The van der Waals surface area contributed by atoms with Gasteiger partial charge in [0.15, 0.2) is 4.96 Å². The molecular weight excluding hydrogens is 384 g/mol. The smallest absolute Gasteiger partial charge is 0.265 e. The Balaban J connectivity index is 1.82. The van der Waals surface area contributed by atoms with E-state index in [1.807, 2.05) is 23.7 Å². The number of hydrogen-bond acceptors (Lipinski definition) is 5. The number of aromatic nitrogens is 2. The Kier molecular flexibility index (Phi) is 6.61. The van der Waals surface area contributed by atoms with Gasteiger partial charge in [0.2, 0.25) is 0 Å². The lowest BCUT2D eigenvalue weighted by Gasteiger charge is -2.26. The Bertz CT molecular complexity index is 986. The Morgan fingerprint density at radius 3 is 2.79 bits per heavy atom. The molecule has 0 aliphatic carbocycles. The molecule has 3 aromatic rings. The molecule has 0 spiro atoms. The number of amides is 1. The van der Waals surface area contributed by atoms with Gasteiger partial charge in [-0.3, -0.25) is 14.5 Å². The second-order valence-electron chi connectivity index (χ2n) is 8.80. The summed E-state index contributed by atoms with van der Waals surface area (Å²) < 4.78 is 7.50. The van der Waals surface area contributed by atoms with Crippen LogP contribution in [0, 0.1) is 5.41 Å². The van der Waals surface area contributed by atoms with Gasteiger partial charge in [0.25, 0.3) is 5.91 Å². The Labute approximate surface area is 176 Å². The molecule has 1 atom stereocenters. The van der Waals surface area contributed by atoms with Crippen molar-refractivity contribution in [2.45, 2.75) is 53.3 Å². The first-order valence-electron chi connectivity index (χ1n) is 10.1. The topological polar surface area (TPSA) is 58.9 Å². The van der Waals surface area contributed by atoms with Gasteiger partial charge in [-0.15, -0.1) is 0 Å². The minimum absolute atomic E-state index is 0.0453. The molecule has 0 aliphatic heterocycles. The minimum Gasteiger partial charge on any atom is -0.367 e. The van der Waals surface area contributed by atoms with Crippen molar-refractivity contribution in [2.24, 2.45) is 5.41 Å². The van der Waals surface area contributed by atoms with E-state index in [1.165, 1.54) is 16.9 Å². The zero-order valence-electron chi connectivity index (χ0n) is 18.3. The highest BCUT2D eigenvalue weighted by Gasteiger charge is 2.21. The second-order valence-corrected chi connectivity index (χ2v) is 9.81. The number of thiazole rings is 1. The van der Waals surface area contributed by atoms with Crippen LogP contribution >= 0.6 is 11.3 Å². The Morgan fingerprint density at radius 1 is 1.38 bits per heavy atom. The zero-order valence-corrected chi connectivity index (χ0v) is 19.1. The molecule has 158 valence electrons. The summed E-state index contributed by atoms with van der Waals surface area (Å²) in [6.07, 6.45) is 4.03. The first-order chi connectivity index (χ1) is 13.7. The molecule has 0 saturated heterocycles. The maximum Gasteiger partial charge on any atom is 0.265 e. The van der Waals surface area contributed by atoms with E-state index in [2.05, 4.69) is 45.1 Å². The van der Waals surface area contributed by atoms with Gasteiger partial charge in [-0.1, -0.05) is 51.5 Å². The molecule has 6 nitrogen and oxygen atoms in total. The zero-order chi connectivity index (χ0) is 21.2. The number of hydrogen-bond donors (Lipinski definition) is 1. The van der Waals surface area contributed by atoms with Crippen LogP contribution in [0.15, 0.2) is 24.4 Å². The van der Waals surface area contributed by atoms with E-state index < -0.39 is 0 Å². The van der Waals surface area contributed by atoms with Crippen LogP contribution in [0.3, 0.4) is 0 Å². The molecular formula is C22H32N4O2S. The third-order valence-electron chi connectivity index (χ3n) is 4.81. The minimum atomic E-state index is 0.0453. The maximum atomic E-state index is 12.8. The highest BCUT2D eigenvalue weighted by molar-refractivity contribution is 7.18. The SMILES string of the molecule is CCCC(NCc1ccc2nc3sc(C(=O)N(C)CC(C)(C)C)cn3c2c1)OC. The average molecular weight is 417 g/mol. The van der Waals surface area contributed by atoms with E-state index in [0.29, 0.717) is 11.4 Å². The lowest BCUT2D eigenvalue weighted by atomic mass is 9.96. The average Bonchev–Trinajstić information content (AvgIpc) is 3.21. The molecule has 2 aromatic heterocycles. The van der Waals surface area contributed by atoms with Crippen LogP contribution < -0.4 is 5.32 Å².